The van der Waals surface area contributed by atoms with Gasteiger partial charge in [0.2, 0.25) is 0 Å². The van der Waals surface area contributed by atoms with Crippen LogP contribution in [0.4, 0.5) is 11.4 Å². The smallest absolute Gasteiger partial charge is 0.262 e. The molecule has 0 spiro atoms. The molecule has 0 saturated carbocycles. The fourth-order valence-electron chi connectivity index (χ4n) is 3.74. The number of aryl methyl sites for hydroxylation is 1. The summed E-state index contributed by atoms with van der Waals surface area (Å²) in [6.07, 6.45) is 0. The van der Waals surface area contributed by atoms with E-state index in [2.05, 4.69) is 10.6 Å². The highest BCUT2D eigenvalue weighted by Crippen LogP contribution is 2.29. The molecule has 0 aliphatic rings. The van der Waals surface area contributed by atoms with E-state index in [4.69, 9.17) is 14.2 Å². The number of para-hydroxylation sites is 1. The van der Waals surface area contributed by atoms with Gasteiger partial charge in [-0.3, -0.25) is 4.79 Å². The molecule has 0 saturated heterocycles. The molecule has 0 aromatic heterocycles. The molecule has 6 nitrogen and oxygen atoms in total. The molecule has 0 aliphatic heterocycles. The van der Waals surface area contributed by atoms with Gasteiger partial charge in [0.05, 0.1) is 6.61 Å². The molecule has 0 bridgehead atoms. The maximum atomic E-state index is 12.5. The minimum absolute atomic E-state index is 0.109. The van der Waals surface area contributed by atoms with Crippen LogP contribution in [0.15, 0.2) is 91.0 Å². The van der Waals surface area contributed by atoms with Gasteiger partial charge in [-0.2, -0.15) is 0 Å². The van der Waals surface area contributed by atoms with E-state index >= 15 is 0 Å². The molecular weight excluding hydrogens is 464 g/mol. The SMILES string of the molecule is CCOc1cc(CNc2ccc(Oc3ccccc3)cc2)ccc1OCC(=O)Nc1cccc(C)c1C. The monoisotopic (exact) mass is 496 g/mol. The van der Waals surface area contributed by atoms with Gasteiger partial charge in [-0.05, 0) is 92.1 Å². The van der Waals surface area contributed by atoms with Crippen LogP contribution in [-0.2, 0) is 11.3 Å². The number of hydrogen-bond donors (Lipinski definition) is 2. The number of nitrogens with one attached hydrogen (secondary N) is 2. The third kappa shape index (κ3) is 7.27. The minimum atomic E-state index is -0.221. The Morgan fingerprint density at radius 3 is 2.30 bits per heavy atom. The summed E-state index contributed by atoms with van der Waals surface area (Å²) in [6.45, 7) is 6.90. The normalized spacial score (nSPS) is 10.5. The Hall–Kier alpha value is -4.45. The molecule has 4 aromatic rings. The van der Waals surface area contributed by atoms with Crippen LogP contribution in [0, 0.1) is 13.8 Å². The molecule has 37 heavy (non-hydrogen) atoms. The van der Waals surface area contributed by atoms with Crippen molar-refractivity contribution >= 4 is 17.3 Å². The van der Waals surface area contributed by atoms with Gasteiger partial charge in [-0.15, -0.1) is 0 Å². The van der Waals surface area contributed by atoms with E-state index in [0.29, 0.717) is 24.7 Å². The number of amides is 1. The third-order valence-electron chi connectivity index (χ3n) is 5.88. The zero-order chi connectivity index (χ0) is 26.0. The summed E-state index contributed by atoms with van der Waals surface area (Å²) in [7, 11) is 0. The highest BCUT2D eigenvalue weighted by Gasteiger charge is 2.11. The number of ether oxygens (including phenoxy) is 3. The predicted molar refractivity (Wildman–Crippen MR) is 148 cm³/mol. The van der Waals surface area contributed by atoms with Gasteiger partial charge in [-0.25, -0.2) is 0 Å². The Labute approximate surface area is 218 Å². The lowest BCUT2D eigenvalue weighted by Crippen LogP contribution is -2.21. The molecule has 1 amide bonds. The predicted octanol–water partition coefficient (Wildman–Crippen LogP) is 7.12. The Morgan fingerprint density at radius 2 is 1.54 bits per heavy atom. The van der Waals surface area contributed by atoms with Gasteiger partial charge < -0.3 is 24.8 Å². The van der Waals surface area contributed by atoms with E-state index in [1.165, 1.54) is 0 Å². The summed E-state index contributed by atoms with van der Waals surface area (Å²) in [6, 6.07) is 29.1. The van der Waals surface area contributed by atoms with Crippen molar-refractivity contribution in [3.63, 3.8) is 0 Å². The minimum Gasteiger partial charge on any atom is -0.490 e. The molecule has 4 aromatic carbocycles. The van der Waals surface area contributed by atoms with Gasteiger partial charge in [0.1, 0.15) is 11.5 Å². The van der Waals surface area contributed by atoms with Crippen molar-refractivity contribution in [1.82, 2.24) is 0 Å². The van der Waals surface area contributed by atoms with Gasteiger partial charge in [0.25, 0.3) is 5.91 Å². The third-order valence-corrected chi connectivity index (χ3v) is 5.88. The van der Waals surface area contributed by atoms with Crippen LogP contribution in [0.25, 0.3) is 0 Å². The molecule has 4 rings (SSSR count). The van der Waals surface area contributed by atoms with Crippen LogP contribution in [0.3, 0.4) is 0 Å². The second-order valence-electron chi connectivity index (χ2n) is 8.59. The Balaban J connectivity index is 1.33. The second kappa shape index (κ2) is 12.5. The fourth-order valence-corrected chi connectivity index (χ4v) is 3.74. The number of carbonyl (C=O) groups is 1. The molecule has 0 atom stereocenters. The van der Waals surface area contributed by atoms with Crippen LogP contribution in [0.2, 0.25) is 0 Å². The summed E-state index contributed by atoms with van der Waals surface area (Å²) in [5, 5.41) is 6.33. The first-order valence-corrected chi connectivity index (χ1v) is 12.3. The lowest BCUT2D eigenvalue weighted by molar-refractivity contribution is -0.118. The Kier molecular flexibility index (Phi) is 8.66. The van der Waals surface area contributed by atoms with E-state index in [-0.39, 0.29) is 12.5 Å². The van der Waals surface area contributed by atoms with Crippen LogP contribution in [-0.4, -0.2) is 19.1 Å². The van der Waals surface area contributed by atoms with E-state index in [1.54, 1.807) is 0 Å². The van der Waals surface area contributed by atoms with Crippen LogP contribution in [0.5, 0.6) is 23.0 Å². The number of hydrogen-bond acceptors (Lipinski definition) is 5. The average Bonchev–Trinajstić information content (AvgIpc) is 2.91. The van der Waals surface area contributed by atoms with E-state index in [9.17, 15) is 4.79 Å². The van der Waals surface area contributed by atoms with Crippen LogP contribution >= 0.6 is 0 Å². The lowest BCUT2D eigenvalue weighted by atomic mass is 10.1. The number of rotatable bonds is 11. The van der Waals surface area contributed by atoms with Crippen LogP contribution in [0.1, 0.15) is 23.6 Å². The molecule has 6 heteroatoms. The standard InChI is InChI=1S/C31H32N2O4/c1-4-35-30-19-24(20-32-25-14-16-27(17-15-25)37-26-10-6-5-7-11-26)13-18-29(30)36-21-31(34)33-28-12-8-9-22(2)23(28)3/h5-19,32H,4,20-21H2,1-3H3,(H,33,34). The molecule has 0 radical (unpaired) electrons. The zero-order valence-electron chi connectivity index (χ0n) is 21.4. The maximum Gasteiger partial charge on any atom is 0.262 e. The number of carbonyl (C=O) groups excluding carboxylic acids is 1. The summed E-state index contributed by atoms with van der Waals surface area (Å²) in [5.41, 5.74) is 4.96. The van der Waals surface area contributed by atoms with Crippen molar-refractivity contribution in [3.8, 4) is 23.0 Å². The maximum absolute atomic E-state index is 12.5. The summed E-state index contributed by atoms with van der Waals surface area (Å²) >= 11 is 0. The number of benzene rings is 4. The van der Waals surface area contributed by atoms with Crippen molar-refractivity contribution in [2.24, 2.45) is 0 Å². The molecule has 0 unspecified atom stereocenters. The van der Waals surface area contributed by atoms with Crippen molar-refractivity contribution in [2.75, 3.05) is 23.8 Å². The summed E-state index contributed by atoms with van der Waals surface area (Å²) in [5.74, 6) is 2.49. The van der Waals surface area contributed by atoms with E-state index in [1.807, 2.05) is 112 Å². The first kappa shape index (κ1) is 25.6. The van der Waals surface area contributed by atoms with Gasteiger partial charge in [0, 0.05) is 17.9 Å². The molecular formula is C31H32N2O4. The largest absolute Gasteiger partial charge is 0.490 e. The molecule has 0 fully saturated rings. The average molecular weight is 497 g/mol. The topological polar surface area (TPSA) is 68.8 Å². The Morgan fingerprint density at radius 1 is 0.784 bits per heavy atom. The molecule has 0 aliphatic carbocycles. The van der Waals surface area contributed by atoms with Gasteiger partial charge in [-0.1, -0.05) is 36.4 Å². The van der Waals surface area contributed by atoms with Gasteiger partial charge >= 0.3 is 0 Å². The van der Waals surface area contributed by atoms with E-state index in [0.717, 1.165) is 39.6 Å². The second-order valence-corrected chi connectivity index (χ2v) is 8.59. The first-order valence-electron chi connectivity index (χ1n) is 12.3. The van der Waals surface area contributed by atoms with E-state index < -0.39 is 0 Å². The van der Waals surface area contributed by atoms with Crippen molar-refractivity contribution in [1.29, 1.82) is 0 Å². The lowest BCUT2D eigenvalue weighted by Gasteiger charge is -2.15. The van der Waals surface area contributed by atoms with Crippen molar-refractivity contribution in [3.05, 3.63) is 108 Å². The van der Waals surface area contributed by atoms with Crippen molar-refractivity contribution < 1.29 is 19.0 Å². The summed E-state index contributed by atoms with van der Waals surface area (Å²) < 4.78 is 17.4. The fraction of sp³-hybridized carbons (Fsp3) is 0.194. The van der Waals surface area contributed by atoms with Crippen LogP contribution < -0.4 is 24.8 Å². The molecule has 2 N–H and O–H groups in total. The highest BCUT2D eigenvalue weighted by atomic mass is 16.5. The Bertz CT molecular complexity index is 1320. The molecule has 190 valence electrons. The number of anilines is 2. The highest BCUT2D eigenvalue weighted by molar-refractivity contribution is 5.92. The zero-order valence-corrected chi connectivity index (χ0v) is 21.4. The first-order chi connectivity index (χ1) is 18.0. The van der Waals surface area contributed by atoms with Crippen molar-refractivity contribution in [2.45, 2.75) is 27.3 Å². The summed E-state index contributed by atoms with van der Waals surface area (Å²) in [4.78, 5) is 12.5. The molecule has 0 heterocycles. The van der Waals surface area contributed by atoms with Gasteiger partial charge in [0.15, 0.2) is 18.1 Å². The quantitative estimate of drug-likeness (QED) is 0.231.